The van der Waals surface area contributed by atoms with Crippen molar-refractivity contribution in [2.45, 2.75) is 19.4 Å². The lowest BCUT2D eigenvalue weighted by molar-refractivity contribution is 0.464. The van der Waals surface area contributed by atoms with Gasteiger partial charge in [0.15, 0.2) is 0 Å². The molecule has 0 fully saturated rings. The highest BCUT2D eigenvalue weighted by atomic mass is 35.5. The van der Waals surface area contributed by atoms with Crippen molar-refractivity contribution in [3.63, 3.8) is 0 Å². The molecule has 0 saturated heterocycles. The summed E-state index contributed by atoms with van der Waals surface area (Å²) >= 11 is 6.07. The monoisotopic (exact) mass is 353 g/mol. The maximum Gasteiger partial charge on any atom is 0.120 e. The van der Waals surface area contributed by atoms with Crippen LogP contribution < -0.4 is 5.32 Å². The fourth-order valence-corrected chi connectivity index (χ4v) is 3.53. The second-order valence-corrected chi connectivity index (χ2v) is 6.75. The van der Waals surface area contributed by atoms with E-state index in [0.29, 0.717) is 12.3 Å². The third-order valence-electron chi connectivity index (χ3n) is 4.65. The van der Waals surface area contributed by atoms with Crippen LogP contribution in [0.4, 0.5) is 0 Å². The van der Waals surface area contributed by atoms with E-state index in [0.717, 1.165) is 53.5 Å². The van der Waals surface area contributed by atoms with Gasteiger partial charge in [-0.25, -0.2) is 0 Å². The number of phenolic OH excluding ortho intramolecular Hbond substituents is 1. The normalized spacial score (nSPS) is 14.1. The third kappa shape index (κ3) is 3.28. The molecule has 128 valence electrons. The molecule has 0 saturated carbocycles. The fraction of sp³-hybridized carbons (Fsp3) is 0.250. The first-order chi connectivity index (χ1) is 12.2. The Morgan fingerprint density at radius 2 is 1.80 bits per heavy atom. The Labute approximate surface area is 152 Å². The fourth-order valence-electron chi connectivity index (χ4n) is 3.41. The third-order valence-corrected chi connectivity index (χ3v) is 4.91. The highest BCUT2D eigenvalue weighted by molar-refractivity contribution is 6.30. The molecule has 0 radical (unpaired) electrons. The van der Waals surface area contributed by atoms with Crippen LogP contribution in [0.25, 0.3) is 11.3 Å². The molecule has 0 atom stereocenters. The van der Waals surface area contributed by atoms with E-state index in [9.17, 15) is 5.11 Å². The van der Waals surface area contributed by atoms with Crippen molar-refractivity contribution in [1.29, 1.82) is 0 Å². The number of nitrogens with zero attached hydrogens (tertiary/aromatic N) is 2. The number of halogens is 1. The Kier molecular flexibility index (Phi) is 4.47. The summed E-state index contributed by atoms with van der Waals surface area (Å²) in [4.78, 5) is 0. The van der Waals surface area contributed by atoms with Crippen LogP contribution in [-0.4, -0.2) is 28.0 Å². The molecule has 3 aromatic rings. The number of aromatic hydroxyl groups is 1. The lowest BCUT2D eigenvalue weighted by Gasteiger charge is -2.11. The molecule has 4 nitrogen and oxygen atoms in total. The zero-order valence-electron chi connectivity index (χ0n) is 13.9. The van der Waals surface area contributed by atoms with E-state index >= 15 is 0 Å². The Morgan fingerprint density at radius 3 is 2.60 bits per heavy atom. The number of hydrogen-bond acceptors (Lipinski definition) is 3. The largest absolute Gasteiger partial charge is 0.508 e. The molecular weight excluding hydrogens is 334 g/mol. The van der Waals surface area contributed by atoms with Crippen LogP contribution >= 0.6 is 11.6 Å². The highest BCUT2D eigenvalue weighted by Crippen LogP contribution is 2.30. The number of aromatic nitrogens is 2. The predicted molar refractivity (Wildman–Crippen MR) is 100 cm³/mol. The van der Waals surface area contributed by atoms with Crippen LogP contribution in [0, 0.1) is 0 Å². The summed E-state index contributed by atoms with van der Waals surface area (Å²) in [6.07, 6.45) is 1.87. The van der Waals surface area contributed by atoms with Crippen molar-refractivity contribution < 1.29 is 5.11 Å². The Balaban J connectivity index is 1.83. The van der Waals surface area contributed by atoms with Gasteiger partial charge in [-0.05, 0) is 31.2 Å². The summed E-state index contributed by atoms with van der Waals surface area (Å²) in [5.74, 6) is 0.303. The van der Waals surface area contributed by atoms with Crippen LogP contribution in [0.15, 0.2) is 48.5 Å². The van der Waals surface area contributed by atoms with Crippen LogP contribution in [0.2, 0.25) is 5.02 Å². The molecule has 2 N–H and O–H groups in total. The van der Waals surface area contributed by atoms with Gasteiger partial charge in [-0.3, -0.25) is 4.68 Å². The molecule has 0 bridgehead atoms. The topological polar surface area (TPSA) is 50.1 Å². The number of para-hydroxylation sites is 1. The van der Waals surface area contributed by atoms with Gasteiger partial charge >= 0.3 is 0 Å². The minimum absolute atomic E-state index is 0.303. The van der Waals surface area contributed by atoms with Gasteiger partial charge in [0.1, 0.15) is 5.75 Å². The number of hydrogen-bond donors (Lipinski definition) is 2. The summed E-state index contributed by atoms with van der Waals surface area (Å²) in [5.41, 5.74) is 5.54. The van der Waals surface area contributed by atoms with Crippen LogP contribution in [0.1, 0.15) is 16.8 Å². The maximum atomic E-state index is 10.1. The predicted octanol–water partition coefficient (Wildman–Crippen LogP) is 3.65. The Hall–Kier alpha value is -2.30. The standard InChI is InChI=1S/C20H20ClN3O/c21-16-7-5-14(6-8-16)20-17-9-11-22-12-10-18(17)23-24(20)13-15-3-1-2-4-19(15)25/h1-8,22,25H,9-13H2. The molecule has 1 aliphatic rings. The van der Waals surface area contributed by atoms with Gasteiger partial charge in [0.25, 0.3) is 0 Å². The lowest BCUT2D eigenvalue weighted by atomic mass is 10.0. The van der Waals surface area contributed by atoms with Crippen LogP contribution in [0.3, 0.4) is 0 Å². The van der Waals surface area contributed by atoms with Crippen LogP contribution in [0.5, 0.6) is 5.75 Å². The SMILES string of the molecule is Oc1ccccc1Cn1nc2c(c1-c1ccc(Cl)cc1)CCNCC2. The van der Waals surface area contributed by atoms with Gasteiger partial charge in [-0.1, -0.05) is 41.9 Å². The van der Waals surface area contributed by atoms with E-state index in [-0.39, 0.29) is 0 Å². The molecule has 4 rings (SSSR count). The first kappa shape index (κ1) is 16.2. The second-order valence-electron chi connectivity index (χ2n) is 6.32. The van der Waals surface area contributed by atoms with Gasteiger partial charge < -0.3 is 10.4 Å². The molecule has 2 heterocycles. The Bertz CT molecular complexity index is 886. The quantitative estimate of drug-likeness (QED) is 0.755. The molecule has 0 spiro atoms. The molecule has 0 aliphatic carbocycles. The Morgan fingerprint density at radius 1 is 1.04 bits per heavy atom. The van der Waals surface area contributed by atoms with Crippen molar-refractivity contribution in [1.82, 2.24) is 15.1 Å². The number of benzene rings is 2. The highest BCUT2D eigenvalue weighted by Gasteiger charge is 2.21. The number of nitrogens with one attached hydrogen (secondary N) is 1. The smallest absolute Gasteiger partial charge is 0.120 e. The van der Waals surface area contributed by atoms with Crippen molar-refractivity contribution in [2.75, 3.05) is 13.1 Å². The van der Waals surface area contributed by atoms with E-state index < -0.39 is 0 Å². The van der Waals surface area contributed by atoms with E-state index in [1.807, 2.05) is 47.1 Å². The van der Waals surface area contributed by atoms with Crippen molar-refractivity contribution in [3.8, 4) is 17.0 Å². The molecule has 25 heavy (non-hydrogen) atoms. The van der Waals surface area contributed by atoms with Gasteiger partial charge in [0.2, 0.25) is 0 Å². The van der Waals surface area contributed by atoms with Gasteiger partial charge in [-0.15, -0.1) is 0 Å². The average molecular weight is 354 g/mol. The number of rotatable bonds is 3. The molecule has 5 heteroatoms. The second kappa shape index (κ2) is 6.90. The lowest BCUT2D eigenvalue weighted by Crippen LogP contribution is -2.17. The first-order valence-electron chi connectivity index (χ1n) is 8.54. The van der Waals surface area contributed by atoms with E-state index in [1.165, 1.54) is 5.56 Å². The zero-order chi connectivity index (χ0) is 17.2. The van der Waals surface area contributed by atoms with E-state index in [4.69, 9.17) is 16.7 Å². The van der Waals surface area contributed by atoms with Gasteiger partial charge in [0.05, 0.1) is 17.9 Å². The van der Waals surface area contributed by atoms with Crippen molar-refractivity contribution in [2.24, 2.45) is 0 Å². The van der Waals surface area contributed by atoms with Gasteiger partial charge in [-0.2, -0.15) is 5.10 Å². The number of fused-ring (bicyclic) bond motifs is 1. The zero-order valence-corrected chi connectivity index (χ0v) is 14.6. The molecule has 1 aliphatic heterocycles. The van der Waals surface area contributed by atoms with Crippen molar-refractivity contribution in [3.05, 3.63) is 70.4 Å². The summed E-state index contributed by atoms with van der Waals surface area (Å²) in [7, 11) is 0. The summed E-state index contributed by atoms with van der Waals surface area (Å²) in [6, 6.07) is 15.3. The summed E-state index contributed by atoms with van der Waals surface area (Å²) < 4.78 is 2.02. The van der Waals surface area contributed by atoms with Gasteiger partial charge in [0, 0.05) is 34.7 Å². The summed E-state index contributed by atoms with van der Waals surface area (Å²) in [6.45, 7) is 2.45. The maximum absolute atomic E-state index is 10.1. The molecule has 0 amide bonds. The summed E-state index contributed by atoms with van der Waals surface area (Å²) in [5, 5.41) is 19.2. The van der Waals surface area contributed by atoms with E-state index in [2.05, 4.69) is 5.32 Å². The molecular formula is C20H20ClN3O. The average Bonchev–Trinajstić information content (AvgIpc) is 2.79. The molecule has 1 aromatic heterocycles. The number of phenols is 1. The van der Waals surface area contributed by atoms with Crippen molar-refractivity contribution >= 4 is 11.6 Å². The molecule has 0 unspecified atom stereocenters. The minimum atomic E-state index is 0.303. The first-order valence-corrected chi connectivity index (χ1v) is 8.92. The molecule has 2 aromatic carbocycles. The minimum Gasteiger partial charge on any atom is -0.508 e. The van der Waals surface area contributed by atoms with E-state index in [1.54, 1.807) is 6.07 Å². The van der Waals surface area contributed by atoms with Crippen LogP contribution in [-0.2, 0) is 19.4 Å².